The third-order valence-corrected chi connectivity index (χ3v) is 5.66. The number of ether oxygens (including phenoxy) is 1. The molecule has 1 saturated heterocycles. The van der Waals surface area contributed by atoms with Gasteiger partial charge in [0.05, 0.1) is 5.25 Å². The lowest BCUT2D eigenvalue weighted by Gasteiger charge is -2.33. The van der Waals surface area contributed by atoms with Crippen molar-refractivity contribution in [1.29, 1.82) is 0 Å². The van der Waals surface area contributed by atoms with Gasteiger partial charge in [0.25, 0.3) is 0 Å². The van der Waals surface area contributed by atoms with Gasteiger partial charge in [-0.25, -0.2) is 0 Å². The lowest BCUT2D eigenvalue weighted by molar-refractivity contribution is -0.132. The summed E-state index contributed by atoms with van der Waals surface area (Å²) < 4.78 is 6.81. The predicted molar refractivity (Wildman–Crippen MR) is 91.9 cm³/mol. The Labute approximate surface area is 144 Å². The molecule has 0 N–H and O–H groups in total. The minimum Gasteiger partial charge on any atom is -0.490 e. The highest BCUT2D eigenvalue weighted by atomic mass is 32.2. The Kier molecular flexibility index (Phi) is 5.51. The van der Waals surface area contributed by atoms with E-state index in [9.17, 15) is 4.79 Å². The van der Waals surface area contributed by atoms with Gasteiger partial charge in [0.2, 0.25) is 5.91 Å². The molecule has 0 radical (unpaired) electrons. The number of rotatable bonds is 5. The van der Waals surface area contributed by atoms with Crippen LogP contribution in [-0.2, 0) is 4.79 Å². The lowest BCUT2D eigenvalue weighted by atomic mass is 10.1. The summed E-state index contributed by atoms with van der Waals surface area (Å²) in [4.78, 5) is 14.4. The van der Waals surface area contributed by atoms with Crippen LogP contribution < -0.4 is 4.74 Å². The predicted octanol–water partition coefficient (Wildman–Crippen LogP) is 3.09. The van der Waals surface area contributed by atoms with Crippen molar-refractivity contribution in [2.45, 2.75) is 35.5 Å². The summed E-state index contributed by atoms with van der Waals surface area (Å²) in [6, 6.07) is 9.86. The van der Waals surface area contributed by atoms with Crippen LogP contribution in [0.2, 0.25) is 0 Å². The first-order valence-electron chi connectivity index (χ1n) is 7.65. The summed E-state index contributed by atoms with van der Waals surface area (Å²) in [6.07, 6.45) is 1.93. The van der Waals surface area contributed by atoms with Crippen LogP contribution in [0.3, 0.4) is 0 Å². The molecule has 5 nitrogen and oxygen atoms in total. The van der Waals surface area contributed by atoms with Gasteiger partial charge in [0.15, 0.2) is 4.34 Å². The number of hydrogen-bond acceptors (Lipinski definition) is 6. The monoisotopic (exact) mass is 349 g/mol. The number of amides is 1. The first-order chi connectivity index (χ1) is 11.2. The van der Waals surface area contributed by atoms with Crippen LogP contribution in [0.5, 0.6) is 5.75 Å². The zero-order valence-corrected chi connectivity index (χ0v) is 14.6. The van der Waals surface area contributed by atoms with Crippen molar-refractivity contribution >= 4 is 29.0 Å². The van der Waals surface area contributed by atoms with Gasteiger partial charge in [0.1, 0.15) is 17.4 Å². The molecule has 0 bridgehead atoms. The van der Waals surface area contributed by atoms with E-state index in [-0.39, 0.29) is 17.3 Å². The van der Waals surface area contributed by atoms with Gasteiger partial charge < -0.3 is 9.64 Å². The molecule has 3 rings (SSSR count). The summed E-state index contributed by atoms with van der Waals surface area (Å²) in [5.41, 5.74) is 1.69. The third kappa shape index (κ3) is 4.45. The number of para-hydroxylation sites is 1. The molecule has 0 unspecified atom stereocenters. The van der Waals surface area contributed by atoms with Crippen LogP contribution in [-0.4, -0.2) is 45.4 Å². The van der Waals surface area contributed by atoms with E-state index < -0.39 is 0 Å². The second kappa shape index (κ2) is 7.79. The second-order valence-corrected chi connectivity index (χ2v) is 7.84. The van der Waals surface area contributed by atoms with E-state index in [4.69, 9.17) is 4.74 Å². The van der Waals surface area contributed by atoms with Crippen LogP contribution >= 0.6 is 23.1 Å². The van der Waals surface area contributed by atoms with Crippen molar-refractivity contribution in [2.24, 2.45) is 0 Å². The average molecular weight is 349 g/mol. The molecule has 1 aliphatic rings. The number of carbonyl (C=O) groups excluding carboxylic acids is 1. The largest absolute Gasteiger partial charge is 0.490 e. The molecule has 23 heavy (non-hydrogen) atoms. The molecule has 1 aliphatic heterocycles. The van der Waals surface area contributed by atoms with Gasteiger partial charge in [-0.15, -0.1) is 10.2 Å². The number of benzene rings is 1. The Morgan fingerprint density at radius 1 is 1.35 bits per heavy atom. The summed E-state index contributed by atoms with van der Waals surface area (Å²) in [5, 5.41) is 7.66. The first kappa shape index (κ1) is 16.3. The molecule has 122 valence electrons. The van der Waals surface area contributed by atoms with E-state index >= 15 is 0 Å². The maximum atomic E-state index is 12.5. The maximum Gasteiger partial charge on any atom is 0.235 e. The van der Waals surface area contributed by atoms with Crippen LogP contribution in [0.15, 0.2) is 40.2 Å². The van der Waals surface area contributed by atoms with E-state index in [0.717, 1.165) is 36.0 Å². The SMILES string of the molecule is C[C@@H](Sc1nncs1)C(=O)N1CCC(Oc2ccccc2)CC1. The average Bonchev–Trinajstić information content (AvgIpc) is 3.09. The molecule has 0 aliphatic carbocycles. The molecule has 1 atom stereocenters. The number of likely N-dealkylation sites (tertiary alicyclic amines) is 1. The minimum absolute atomic E-state index is 0.130. The van der Waals surface area contributed by atoms with E-state index in [2.05, 4.69) is 10.2 Å². The van der Waals surface area contributed by atoms with Crippen molar-refractivity contribution < 1.29 is 9.53 Å². The van der Waals surface area contributed by atoms with Crippen LogP contribution in [0.1, 0.15) is 19.8 Å². The molecular weight excluding hydrogens is 330 g/mol. The van der Waals surface area contributed by atoms with E-state index in [1.807, 2.05) is 42.2 Å². The van der Waals surface area contributed by atoms with Crippen LogP contribution in [0.4, 0.5) is 0 Å². The number of hydrogen-bond donors (Lipinski definition) is 0. The van der Waals surface area contributed by atoms with Crippen molar-refractivity contribution in [3.05, 3.63) is 35.8 Å². The Morgan fingerprint density at radius 2 is 2.09 bits per heavy atom. The number of nitrogens with zero attached hydrogens (tertiary/aromatic N) is 3. The summed E-state index contributed by atoms with van der Waals surface area (Å²) in [6.45, 7) is 3.43. The third-order valence-electron chi connectivity index (χ3n) is 3.77. The van der Waals surface area contributed by atoms with Crippen molar-refractivity contribution in [3.8, 4) is 5.75 Å². The molecule has 0 saturated carbocycles. The molecule has 2 heterocycles. The standard InChI is InChI=1S/C16H19N3O2S2/c1-12(23-16-18-17-11-22-16)15(20)19-9-7-14(8-10-19)21-13-5-3-2-4-6-13/h2-6,11-12,14H,7-10H2,1H3/t12-/m1/s1. The van der Waals surface area contributed by atoms with E-state index in [1.54, 1.807) is 5.51 Å². The quantitative estimate of drug-likeness (QED) is 0.777. The fraction of sp³-hybridized carbons (Fsp3) is 0.438. The fourth-order valence-corrected chi connectivity index (χ4v) is 4.27. The number of thioether (sulfide) groups is 1. The molecule has 0 spiro atoms. The first-order valence-corrected chi connectivity index (χ1v) is 9.41. The molecule has 2 aromatic rings. The molecule has 1 amide bonds. The van der Waals surface area contributed by atoms with Gasteiger partial charge >= 0.3 is 0 Å². The maximum absolute atomic E-state index is 12.5. The molecule has 1 aromatic heterocycles. The zero-order valence-electron chi connectivity index (χ0n) is 12.9. The van der Waals surface area contributed by atoms with Crippen LogP contribution in [0.25, 0.3) is 0 Å². The highest BCUT2D eigenvalue weighted by Crippen LogP contribution is 2.26. The van der Waals surface area contributed by atoms with E-state index in [0.29, 0.717) is 0 Å². The number of carbonyl (C=O) groups is 1. The highest BCUT2D eigenvalue weighted by molar-refractivity contribution is 8.02. The Balaban J connectivity index is 1.47. The molecular formula is C16H19N3O2S2. The topological polar surface area (TPSA) is 55.3 Å². The number of aromatic nitrogens is 2. The number of piperidine rings is 1. The van der Waals surface area contributed by atoms with Gasteiger partial charge in [-0.2, -0.15) is 0 Å². The van der Waals surface area contributed by atoms with Gasteiger partial charge in [-0.05, 0) is 19.1 Å². The van der Waals surface area contributed by atoms with Crippen molar-refractivity contribution in [3.63, 3.8) is 0 Å². The van der Waals surface area contributed by atoms with Crippen LogP contribution in [0, 0.1) is 0 Å². The zero-order chi connectivity index (χ0) is 16.1. The summed E-state index contributed by atoms with van der Waals surface area (Å²) >= 11 is 2.94. The Hall–Kier alpha value is -1.60. The van der Waals surface area contributed by atoms with E-state index in [1.165, 1.54) is 23.1 Å². The summed E-state index contributed by atoms with van der Waals surface area (Å²) in [5.74, 6) is 1.07. The van der Waals surface area contributed by atoms with Gasteiger partial charge in [0, 0.05) is 25.9 Å². The van der Waals surface area contributed by atoms with Crippen molar-refractivity contribution in [2.75, 3.05) is 13.1 Å². The molecule has 1 aromatic carbocycles. The van der Waals surface area contributed by atoms with Gasteiger partial charge in [-0.1, -0.05) is 41.3 Å². The lowest BCUT2D eigenvalue weighted by Crippen LogP contribution is -2.44. The van der Waals surface area contributed by atoms with Crippen molar-refractivity contribution in [1.82, 2.24) is 15.1 Å². The second-order valence-electron chi connectivity index (χ2n) is 5.42. The molecule has 1 fully saturated rings. The Bertz CT molecular complexity index is 614. The minimum atomic E-state index is -0.130. The molecule has 7 heteroatoms. The Morgan fingerprint density at radius 3 is 2.74 bits per heavy atom. The normalized spacial score (nSPS) is 17.0. The summed E-state index contributed by atoms with van der Waals surface area (Å²) in [7, 11) is 0. The smallest absolute Gasteiger partial charge is 0.235 e. The fourth-order valence-electron chi connectivity index (χ4n) is 2.56. The highest BCUT2D eigenvalue weighted by Gasteiger charge is 2.27. The van der Waals surface area contributed by atoms with Gasteiger partial charge in [-0.3, -0.25) is 4.79 Å².